The first-order chi connectivity index (χ1) is 27.5. The number of aromatic hydroxyl groups is 2. The highest BCUT2D eigenvalue weighted by molar-refractivity contribution is 6.30. The van der Waals surface area contributed by atoms with Gasteiger partial charge >= 0.3 is 5.97 Å². The summed E-state index contributed by atoms with van der Waals surface area (Å²) in [5, 5.41) is 34.8. The van der Waals surface area contributed by atoms with Crippen LogP contribution in [0.3, 0.4) is 0 Å². The number of hydrogen-bond donors (Lipinski definition) is 3. The maximum Gasteiger partial charge on any atom is 0.316 e. The Bertz CT molecular complexity index is 2000. The zero-order chi connectivity index (χ0) is 41.5. The number of ether oxygens (including phenoxy) is 8. The van der Waals surface area contributed by atoms with Crippen LogP contribution in [-0.4, -0.2) is 138 Å². The first-order valence-corrected chi connectivity index (χ1v) is 19.9. The average Bonchev–Trinajstić information content (AvgIpc) is 3.17. The molecule has 16 heteroatoms. The van der Waals surface area contributed by atoms with Crippen molar-refractivity contribution in [2.24, 2.45) is 0 Å². The molecule has 4 aliphatic heterocycles. The smallest absolute Gasteiger partial charge is 0.316 e. The summed E-state index contributed by atoms with van der Waals surface area (Å²) in [6, 6.07) is 5.18. The second kappa shape index (κ2) is 15.3. The number of esters is 1. The Morgan fingerprint density at radius 1 is 0.897 bits per heavy atom. The SMILES string of the molecule is CC[C@@]1(O)CC(O[C@H]2C[C@H](N(C)C)[C@H](O[C@H]3CC4OC5CC(=O)[C@H](C)OC5OC4[C@H](C)O3)[C@H](C)O2)c2c(cc3c(c2O)C(=O)c2c(O)cccc2C3=O)[C@H]1C(=O)OC. The second-order valence-electron chi connectivity index (χ2n) is 16.5. The van der Waals surface area contributed by atoms with Crippen molar-refractivity contribution in [3.8, 4) is 11.5 Å². The number of carbonyl (C=O) groups is 4. The molecule has 4 saturated heterocycles. The molecule has 2 aromatic carbocycles. The van der Waals surface area contributed by atoms with E-state index in [4.69, 9.17) is 37.9 Å². The van der Waals surface area contributed by atoms with Crippen LogP contribution < -0.4 is 0 Å². The molecular formula is C42H51NO15. The van der Waals surface area contributed by atoms with Crippen LogP contribution in [0.4, 0.5) is 0 Å². The van der Waals surface area contributed by atoms with Gasteiger partial charge in [0.15, 0.2) is 30.4 Å². The van der Waals surface area contributed by atoms with Crippen molar-refractivity contribution in [3.05, 3.63) is 57.6 Å². The molecule has 0 bridgehead atoms. The van der Waals surface area contributed by atoms with Crippen molar-refractivity contribution in [1.82, 2.24) is 4.90 Å². The minimum absolute atomic E-state index is 0.0407. The summed E-state index contributed by atoms with van der Waals surface area (Å²) < 4.78 is 49.6. The summed E-state index contributed by atoms with van der Waals surface area (Å²) in [5.74, 6) is -4.59. The summed E-state index contributed by atoms with van der Waals surface area (Å²) in [6.45, 7) is 7.13. The Morgan fingerprint density at radius 3 is 2.33 bits per heavy atom. The van der Waals surface area contributed by atoms with Crippen molar-refractivity contribution in [1.29, 1.82) is 0 Å². The van der Waals surface area contributed by atoms with Gasteiger partial charge in [0, 0.05) is 48.4 Å². The third kappa shape index (κ3) is 6.76. The van der Waals surface area contributed by atoms with Crippen LogP contribution in [-0.2, 0) is 47.5 Å². The molecule has 14 atom stereocenters. The lowest BCUT2D eigenvalue weighted by atomic mass is 9.67. The number of phenols is 2. The number of aliphatic hydroxyl groups is 1. The minimum Gasteiger partial charge on any atom is -0.507 e. The number of benzene rings is 2. The predicted molar refractivity (Wildman–Crippen MR) is 199 cm³/mol. The number of rotatable bonds is 7. The van der Waals surface area contributed by atoms with Crippen molar-refractivity contribution < 1.29 is 72.4 Å². The van der Waals surface area contributed by atoms with Gasteiger partial charge in [0.1, 0.15) is 41.8 Å². The number of hydrogen-bond acceptors (Lipinski definition) is 16. The van der Waals surface area contributed by atoms with Gasteiger partial charge < -0.3 is 58.1 Å². The molecule has 58 heavy (non-hydrogen) atoms. The van der Waals surface area contributed by atoms with E-state index in [2.05, 4.69) is 0 Å². The van der Waals surface area contributed by atoms with Crippen LogP contribution in [0.25, 0.3) is 0 Å². The Kier molecular flexibility index (Phi) is 10.8. The second-order valence-corrected chi connectivity index (χ2v) is 16.5. The molecule has 0 amide bonds. The number of Topliss-reactive ketones (excluding diaryl/α,β-unsaturated/α-hetero) is 1. The molecule has 4 heterocycles. The Labute approximate surface area is 335 Å². The molecular weight excluding hydrogens is 758 g/mol. The average molecular weight is 810 g/mol. The van der Waals surface area contributed by atoms with E-state index in [-0.39, 0.29) is 70.9 Å². The van der Waals surface area contributed by atoms with Crippen molar-refractivity contribution in [2.75, 3.05) is 21.2 Å². The molecule has 2 aliphatic carbocycles. The molecule has 0 aromatic heterocycles. The lowest BCUT2D eigenvalue weighted by Crippen LogP contribution is -2.62. The van der Waals surface area contributed by atoms with Gasteiger partial charge in [-0.1, -0.05) is 19.1 Å². The number of ketones is 3. The molecule has 6 aliphatic rings. The van der Waals surface area contributed by atoms with E-state index in [9.17, 15) is 34.5 Å². The summed E-state index contributed by atoms with van der Waals surface area (Å²) in [6.07, 6.45) is -6.13. The highest BCUT2D eigenvalue weighted by Crippen LogP contribution is 2.54. The van der Waals surface area contributed by atoms with E-state index >= 15 is 0 Å². The van der Waals surface area contributed by atoms with E-state index in [1.165, 1.54) is 31.4 Å². The maximum absolute atomic E-state index is 13.9. The highest BCUT2D eigenvalue weighted by Gasteiger charge is 2.54. The van der Waals surface area contributed by atoms with Crippen LogP contribution in [0.15, 0.2) is 24.3 Å². The van der Waals surface area contributed by atoms with E-state index in [0.29, 0.717) is 6.42 Å². The van der Waals surface area contributed by atoms with Gasteiger partial charge in [0.25, 0.3) is 0 Å². The van der Waals surface area contributed by atoms with E-state index in [1.807, 2.05) is 32.8 Å². The number of nitrogens with zero attached hydrogens (tertiary/aromatic N) is 1. The molecule has 16 nitrogen and oxygen atoms in total. The molecule has 0 spiro atoms. The number of fused-ring (bicyclic) bond motifs is 5. The Hall–Kier alpha value is -3.84. The first kappa shape index (κ1) is 40.9. The molecule has 4 fully saturated rings. The van der Waals surface area contributed by atoms with E-state index in [0.717, 1.165) is 0 Å². The van der Waals surface area contributed by atoms with Gasteiger partial charge in [-0.05, 0) is 59.0 Å². The van der Waals surface area contributed by atoms with Crippen LogP contribution in [0.5, 0.6) is 11.5 Å². The summed E-state index contributed by atoms with van der Waals surface area (Å²) >= 11 is 0. The zero-order valence-electron chi connectivity index (χ0n) is 33.5. The normalized spacial score (nSPS) is 38.3. The standard InChI is InChI=1S/C42H51NO15/c1-8-42(50)16-28(32-21(34(42)40(49)51-7)12-22-33(37(32)48)36(47)31-20(35(22)46)10-9-11-24(31)44)56-29-13-23(43(5)6)38(18(3)52-29)57-30-15-26-39(19(4)53-30)58-41-27(55-26)14-25(45)17(2)54-41/h9-12,17-19,23,26-30,34,38-39,41,44,48,50H,8,13-16H2,1-7H3/t17-,18-,19-,23-,26?,27?,28?,29-,30-,34-,38+,39?,41?,42+/m0/s1. The lowest BCUT2D eigenvalue weighted by molar-refractivity contribution is -0.371. The fourth-order valence-corrected chi connectivity index (χ4v) is 9.71. The summed E-state index contributed by atoms with van der Waals surface area (Å²) in [5.41, 5.74) is -2.42. The monoisotopic (exact) mass is 809 g/mol. The molecule has 2 aromatic rings. The highest BCUT2D eigenvalue weighted by atomic mass is 16.8. The maximum atomic E-state index is 13.9. The van der Waals surface area contributed by atoms with Crippen molar-refractivity contribution >= 4 is 23.3 Å². The van der Waals surface area contributed by atoms with Crippen molar-refractivity contribution in [3.63, 3.8) is 0 Å². The van der Waals surface area contributed by atoms with Gasteiger partial charge in [-0.15, -0.1) is 0 Å². The molecule has 314 valence electrons. The molecule has 5 unspecified atom stereocenters. The fraction of sp³-hybridized carbons (Fsp3) is 0.619. The fourth-order valence-electron chi connectivity index (χ4n) is 9.71. The van der Waals surface area contributed by atoms with Crippen LogP contribution in [0.1, 0.15) is 115 Å². The van der Waals surface area contributed by atoms with Crippen LogP contribution >= 0.6 is 0 Å². The lowest BCUT2D eigenvalue weighted by Gasteiger charge is -2.51. The summed E-state index contributed by atoms with van der Waals surface area (Å²) in [4.78, 5) is 55.6. The van der Waals surface area contributed by atoms with Crippen molar-refractivity contribution in [2.45, 2.75) is 145 Å². The van der Waals surface area contributed by atoms with Gasteiger partial charge in [0.2, 0.25) is 5.78 Å². The first-order valence-electron chi connectivity index (χ1n) is 19.9. The Morgan fingerprint density at radius 2 is 1.62 bits per heavy atom. The van der Waals surface area contributed by atoms with E-state index in [1.54, 1.807) is 13.8 Å². The van der Waals surface area contributed by atoms with Gasteiger partial charge in [-0.25, -0.2) is 0 Å². The zero-order valence-corrected chi connectivity index (χ0v) is 33.5. The molecule has 8 rings (SSSR count). The Balaban J connectivity index is 1.06. The topological polar surface area (TPSA) is 206 Å². The number of phenolic OH excluding ortho intramolecular Hbond substituents is 2. The predicted octanol–water partition coefficient (Wildman–Crippen LogP) is 3.17. The quantitative estimate of drug-likeness (QED) is 0.293. The van der Waals surface area contributed by atoms with Crippen LogP contribution in [0.2, 0.25) is 0 Å². The summed E-state index contributed by atoms with van der Waals surface area (Å²) in [7, 11) is 4.98. The van der Waals surface area contributed by atoms with E-state index < -0.39 is 108 Å². The van der Waals surface area contributed by atoms with Gasteiger partial charge in [-0.2, -0.15) is 0 Å². The van der Waals surface area contributed by atoms with Gasteiger partial charge in [-0.3, -0.25) is 19.2 Å². The number of likely N-dealkylation sites (N-methyl/N-ethyl adjacent to an activating group) is 1. The minimum atomic E-state index is -1.75. The van der Waals surface area contributed by atoms with Gasteiger partial charge in [0.05, 0.1) is 48.3 Å². The third-order valence-electron chi connectivity index (χ3n) is 12.8. The molecule has 3 N–H and O–H groups in total. The number of carbonyl (C=O) groups excluding carboxylic acids is 4. The third-order valence-corrected chi connectivity index (χ3v) is 12.8. The van der Waals surface area contributed by atoms with Crippen LogP contribution in [0, 0.1) is 0 Å². The number of methoxy groups -OCH3 is 1. The molecule has 0 saturated carbocycles. The largest absolute Gasteiger partial charge is 0.507 e. The molecule has 0 radical (unpaired) electrons.